The van der Waals surface area contributed by atoms with Crippen molar-refractivity contribution in [2.24, 2.45) is 5.92 Å². The quantitative estimate of drug-likeness (QED) is 0.763. The Morgan fingerprint density at radius 3 is 2.57 bits per heavy atom. The van der Waals surface area contributed by atoms with Crippen LogP contribution in [0.3, 0.4) is 0 Å². The lowest BCUT2D eigenvalue weighted by atomic mass is 9.96. The van der Waals surface area contributed by atoms with Crippen LogP contribution in [0, 0.1) is 5.92 Å². The summed E-state index contributed by atoms with van der Waals surface area (Å²) in [6, 6.07) is 0. The molecule has 0 bridgehead atoms. The third kappa shape index (κ3) is 5.61. The maximum absolute atomic E-state index is 9.77. The molecule has 1 N–H and O–H groups in total. The fourth-order valence-electron chi connectivity index (χ4n) is 2.04. The van der Waals surface area contributed by atoms with E-state index in [1.165, 1.54) is 32.1 Å². The van der Waals surface area contributed by atoms with E-state index in [0.717, 1.165) is 12.8 Å². The Kier molecular flexibility index (Phi) is 7.34. The van der Waals surface area contributed by atoms with E-state index < -0.39 is 0 Å². The van der Waals surface area contributed by atoms with E-state index in [-0.39, 0.29) is 6.10 Å². The van der Waals surface area contributed by atoms with Gasteiger partial charge < -0.3 is 5.11 Å². The molecule has 3 heteroatoms. The molecule has 82 valence electrons. The first-order chi connectivity index (χ1) is 6.83. The standard InChI is InChI=1S/C11H19IOS/c12-14-8-7-10-5-3-1-2-4-6-11(13)9-10/h7-8,10-11,13H,1-6,9H2/b8-7+. The van der Waals surface area contributed by atoms with Crippen LogP contribution in [0.4, 0.5) is 0 Å². The summed E-state index contributed by atoms with van der Waals surface area (Å²) < 4.78 is 0. The molecule has 0 aliphatic heterocycles. The van der Waals surface area contributed by atoms with Crippen molar-refractivity contribution in [2.75, 3.05) is 0 Å². The predicted molar refractivity (Wildman–Crippen MR) is 72.6 cm³/mol. The highest BCUT2D eigenvalue weighted by molar-refractivity contribution is 14.2. The first kappa shape index (κ1) is 12.8. The second kappa shape index (κ2) is 7.99. The predicted octanol–water partition coefficient (Wildman–Crippen LogP) is 4.30. The van der Waals surface area contributed by atoms with Crippen LogP contribution in [0.15, 0.2) is 11.5 Å². The Labute approximate surface area is 103 Å². The number of allylic oxidation sites excluding steroid dienone is 1. The molecule has 0 amide bonds. The molecule has 1 fully saturated rings. The largest absolute Gasteiger partial charge is 0.393 e. The molecule has 0 saturated heterocycles. The second-order valence-corrected chi connectivity index (χ2v) is 6.03. The Hall–Kier alpha value is 0.780. The molecule has 1 saturated carbocycles. The van der Waals surface area contributed by atoms with Crippen molar-refractivity contribution in [2.45, 2.75) is 51.0 Å². The van der Waals surface area contributed by atoms with Crippen molar-refractivity contribution >= 4 is 30.1 Å². The van der Waals surface area contributed by atoms with Gasteiger partial charge in [-0.2, -0.15) is 0 Å². The van der Waals surface area contributed by atoms with Gasteiger partial charge in [-0.15, -0.1) is 0 Å². The van der Waals surface area contributed by atoms with Crippen LogP contribution in [0.1, 0.15) is 44.9 Å². The normalized spacial score (nSPS) is 31.0. The SMILES string of the molecule is OC1CCCCCCC(/C=C/SI)C1. The minimum absolute atomic E-state index is 0.0676. The Morgan fingerprint density at radius 1 is 1.14 bits per heavy atom. The Bertz CT molecular complexity index is 173. The zero-order valence-electron chi connectivity index (χ0n) is 8.49. The summed E-state index contributed by atoms with van der Waals surface area (Å²) in [5.74, 6) is 0.602. The average Bonchev–Trinajstić information content (AvgIpc) is 2.27. The van der Waals surface area contributed by atoms with Crippen molar-refractivity contribution in [1.29, 1.82) is 0 Å². The van der Waals surface area contributed by atoms with Crippen LogP contribution in [0.2, 0.25) is 0 Å². The molecule has 0 radical (unpaired) electrons. The van der Waals surface area contributed by atoms with E-state index in [2.05, 4.69) is 32.7 Å². The lowest BCUT2D eigenvalue weighted by Crippen LogP contribution is -2.11. The van der Waals surface area contributed by atoms with Gasteiger partial charge >= 0.3 is 0 Å². The van der Waals surface area contributed by atoms with Gasteiger partial charge in [0.1, 0.15) is 0 Å². The van der Waals surface area contributed by atoms with Crippen molar-refractivity contribution in [1.82, 2.24) is 0 Å². The van der Waals surface area contributed by atoms with Gasteiger partial charge in [0, 0.05) is 21.2 Å². The first-order valence-electron chi connectivity index (χ1n) is 5.45. The molecule has 0 heterocycles. The summed E-state index contributed by atoms with van der Waals surface area (Å²) in [7, 11) is 1.72. The van der Waals surface area contributed by atoms with Gasteiger partial charge in [-0.3, -0.25) is 0 Å². The summed E-state index contributed by atoms with van der Waals surface area (Å²) in [4.78, 5) is 0. The van der Waals surface area contributed by atoms with Gasteiger partial charge in [-0.1, -0.05) is 40.7 Å². The highest BCUT2D eigenvalue weighted by Crippen LogP contribution is 2.24. The number of aliphatic hydroxyl groups excluding tert-OH is 1. The van der Waals surface area contributed by atoms with E-state index in [9.17, 15) is 5.11 Å². The monoisotopic (exact) mass is 326 g/mol. The summed E-state index contributed by atoms with van der Waals surface area (Å²) in [5, 5.41) is 11.9. The molecule has 0 aromatic carbocycles. The van der Waals surface area contributed by atoms with Crippen LogP contribution in [-0.4, -0.2) is 11.2 Å². The molecule has 14 heavy (non-hydrogen) atoms. The molecule has 0 aromatic heterocycles. The van der Waals surface area contributed by atoms with Crippen LogP contribution in [0.5, 0.6) is 0 Å². The molecule has 1 rings (SSSR count). The van der Waals surface area contributed by atoms with E-state index >= 15 is 0 Å². The zero-order chi connectivity index (χ0) is 10.2. The molecular weight excluding hydrogens is 307 g/mol. The number of hydrogen-bond donors (Lipinski definition) is 1. The molecule has 1 aliphatic rings. The highest BCUT2D eigenvalue weighted by Gasteiger charge is 2.13. The lowest BCUT2D eigenvalue weighted by molar-refractivity contribution is 0.139. The van der Waals surface area contributed by atoms with Gasteiger partial charge in [0.15, 0.2) is 0 Å². The number of rotatable bonds is 2. The molecule has 1 aliphatic carbocycles. The Balaban J connectivity index is 2.40. The van der Waals surface area contributed by atoms with Crippen molar-refractivity contribution < 1.29 is 5.11 Å². The minimum Gasteiger partial charge on any atom is -0.393 e. The highest BCUT2D eigenvalue weighted by atomic mass is 127. The summed E-state index contributed by atoms with van der Waals surface area (Å²) in [5.41, 5.74) is 0. The minimum atomic E-state index is -0.0676. The smallest absolute Gasteiger partial charge is 0.0545 e. The number of halogens is 1. The van der Waals surface area contributed by atoms with Crippen LogP contribution < -0.4 is 0 Å². The van der Waals surface area contributed by atoms with E-state index in [4.69, 9.17) is 0 Å². The van der Waals surface area contributed by atoms with Crippen molar-refractivity contribution in [3.8, 4) is 0 Å². The summed E-state index contributed by atoms with van der Waals surface area (Å²) in [6.07, 6.45) is 10.6. The Morgan fingerprint density at radius 2 is 1.86 bits per heavy atom. The van der Waals surface area contributed by atoms with Gasteiger partial charge in [0.25, 0.3) is 0 Å². The maximum Gasteiger partial charge on any atom is 0.0545 e. The van der Waals surface area contributed by atoms with Gasteiger partial charge in [0.2, 0.25) is 0 Å². The molecule has 2 atom stereocenters. The second-order valence-electron chi connectivity index (χ2n) is 4.06. The maximum atomic E-state index is 9.77. The van der Waals surface area contributed by atoms with Crippen LogP contribution in [-0.2, 0) is 0 Å². The van der Waals surface area contributed by atoms with E-state index in [1.54, 1.807) is 8.93 Å². The fraction of sp³-hybridized carbons (Fsp3) is 0.818. The molecule has 0 aromatic rings. The number of hydrogen-bond acceptors (Lipinski definition) is 2. The molecule has 0 spiro atoms. The number of aliphatic hydroxyl groups is 1. The summed E-state index contributed by atoms with van der Waals surface area (Å²) in [6.45, 7) is 0. The van der Waals surface area contributed by atoms with E-state index in [1.807, 2.05) is 0 Å². The van der Waals surface area contributed by atoms with E-state index in [0.29, 0.717) is 5.92 Å². The summed E-state index contributed by atoms with van der Waals surface area (Å²) >= 11 is 2.28. The third-order valence-corrected chi connectivity index (χ3v) is 3.98. The zero-order valence-corrected chi connectivity index (χ0v) is 11.5. The third-order valence-electron chi connectivity index (χ3n) is 2.84. The van der Waals surface area contributed by atoms with Gasteiger partial charge in [-0.05, 0) is 30.6 Å². The van der Waals surface area contributed by atoms with Crippen LogP contribution >= 0.6 is 30.1 Å². The van der Waals surface area contributed by atoms with Crippen molar-refractivity contribution in [3.63, 3.8) is 0 Å². The molecule has 2 unspecified atom stereocenters. The fourth-order valence-corrected chi connectivity index (χ4v) is 2.83. The molecule has 1 nitrogen and oxygen atoms in total. The average molecular weight is 326 g/mol. The van der Waals surface area contributed by atoms with Gasteiger partial charge in [0.05, 0.1) is 6.10 Å². The lowest BCUT2D eigenvalue weighted by Gasteiger charge is -2.14. The van der Waals surface area contributed by atoms with Gasteiger partial charge in [-0.25, -0.2) is 0 Å². The first-order valence-corrected chi connectivity index (χ1v) is 8.87. The van der Waals surface area contributed by atoms with Crippen molar-refractivity contribution in [3.05, 3.63) is 11.5 Å². The topological polar surface area (TPSA) is 20.2 Å². The molecular formula is C11H19IOS. The van der Waals surface area contributed by atoms with Crippen LogP contribution in [0.25, 0.3) is 0 Å².